The number of hydrogen-bond donors (Lipinski definition) is 2. The first kappa shape index (κ1) is 13.3. The van der Waals surface area contributed by atoms with Crippen molar-refractivity contribution in [2.24, 2.45) is 0 Å². The van der Waals surface area contributed by atoms with Crippen LogP contribution in [0.2, 0.25) is 0 Å². The Morgan fingerprint density at radius 3 is 2.71 bits per heavy atom. The average molecular weight is 239 g/mol. The summed E-state index contributed by atoms with van der Waals surface area (Å²) in [6, 6.07) is 5.60. The molecule has 0 aliphatic carbocycles. The normalized spacial score (nSPS) is 10.0. The highest BCUT2D eigenvalue weighted by molar-refractivity contribution is 5.66. The Kier molecular flexibility index (Phi) is 5.29. The molecule has 0 bridgehead atoms. The van der Waals surface area contributed by atoms with Gasteiger partial charge in [0.05, 0.1) is 20.6 Å². The lowest BCUT2D eigenvalue weighted by Gasteiger charge is -2.12. The number of carbonyl (C=O) groups is 1. The zero-order valence-corrected chi connectivity index (χ0v) is 10.0. The second-order valence-corrected chi connectivity index (χ2v) is 3.47. The Morgan fingerprint density at radius 1 is 1.35 bits per heavy atom. The number of aliphatic carboxylic acids is 1. The average Bonchev–Trinajstić information content (AvgIpc) is 2.33. The second kappa shape index (κ2) is 6.75. The molecular formula is C12H17NO4. The molecule has 0 aliphatic rings. The van der Waals surface area contributed by atoms with Gasteiger partial charge in [0.2, 0.25) is 0 Å². The third kappa shape index (κ3) is 3.96. The van der Waals surface area contributed by atoms with Crippen molar-refractivity contribution in [1.29, 1.82) is 0 Å². The Labute approximate surface area is 100 Å². The monoisotopic (exact) mass is 239 g/mol. The van der Waals surface area contributed by atoms with Gasteiger partial charge < -0.3 is 19.9 Å². The van der Waals surface area contributed by atoms with Crippen LogP contribution in [0.1, 0.15) is 12.0 Å². The third-order valence-electron chi connectivity index (χ3n) is 2.32. The van der Waals surface area contributed by atoms with E-state index in [2.05, 4.69) is 5.32 Å². The first-order valence-electron chi connectivity index (χ1n) is 5.31. The summed E-state index contributed by atoms with van der Waals surface area (Å²) < 4.78 is 10.4. The molecule has 5 heteroatoms. The van der Waals surface area contributed by atoms with Gasteiger partial charge in [-0.2, -0.15) is 0 Å². The summed E-state index contributed by atoms with van der Waals surface area (Å²) in [5, 5.41) is 11.6. The first-order chi connectivity index (χ1) is 8.19. The summed E-state index contributed by atoms with van der Waals surface area (Å²) in [6.07, 6.45) is 0.103. The third-order valence-corrected chi connectivity index (χ3v) is 2.32. The Bertz CT molecular complexity index is 379. The lowest BCUT2D eigenvalue weighted by Crippen LogP contribution is -2.18. The Morgan fingerprint density at radius 2 is 2.12 bits per heavy atom. The molecule has 0 fully saturated rings. The maximum Gasteiger partial charge on any atom is 0.304 e. The molecule has 0 aromatic heterocycles. The van der Waals surface area contributed by atoms with Gasteiger partial charge in [-0.05, 0) is 6.07 Å². The molecule has 1 aromatic rings. The first-order valence-corrected chi connectivity index (χ1v) is 5.31. The molecule has 0 aliphatic heterocycles. The molecule has 0 heterocycles. The molecule has 0 amide bonds. The maximum absolute atomic E-state index is 10.3. The molecule has 0 unspecified atom stereocenters. The topological polar surface area (TPSA) is 67.8 Å². The molecular weight excluding hydrogens is 222 g/mol. The number of methoxy groups -OCH3 is 2. The van der Waals surface area contributed by atoms with Gasteiger partial charge in [-0.1, -0.05) is 12.1 Å². The quantitative estimate of drug-likeness (QED) is 0.701. The predicted molar refractivity (Wildman–Crippen MR) is 63.5 cm³/mol. The lowest BCUT2D eigenvalue weighted by molar-refractivity contribution is -0.136. The van der Waals surface area contributed by atoms with Crippen LogP contribution in [-0.2, 0) is 11.3 Å². The summed E-state index contributed by atoms with van der Waals surface area (Å²) >= 11 is 0. The van der Waals surface area contributed by atoms with Crippen LogP contribution in [-0.4, -0.2) is 31.8 Å². The van der Waals surface area contributed by atoms with Crippen LogP contribution in [0.25, 0.3) is 0 Å². The van der Waals surface area contributed by atoms with E-state index in [1.165, 1.54) is 0 Å². The van der Waals surface area contributed by atoms with Gasteiger partial charge in [-0.15, -0.1) is 0 Å². The Balaban J connectivity index is 2.60. The van der Waals surface area contributed by atoms with Crippen LogP contribution in [0.3, 0.4) is 0 Å². The summed E-state index contributed by atoms with van der Waals surface area (Å²) in [5.41, 5.74) is 0.942. The summed E-state index contributed by atoms with van der Waals surface area (Å²) in [5.74, 6) is 0.540. The van der Waals surface area contributed by atoms with Crippen molar-refractivity contribution in [2.45, 2.75) is 13.0 Å². The van der Waals surface area contributed by atoms with Crippen molar-refractivity contribution in [1.82, 2.24) is 5.32 Å². The number of hydrogen-bond acceptors (Lipinski definition) is 4. The molecule has 5 nitrogen and oxygen atoms in total. The van der Waals surface area contributed by atoms with E-state index in [1.54, 1.807) is 14.2 Å². The molecule has 1 rings (SSSR count). The van der Waals surface area contributed by atoms with Crippen LogP contribution < -0.4 is 14.8 Å². The highest BCUT2D eigenvalue weighted by atomic mass is 16.5. The molecule has 1 aromatic carbocycles. The molecule has 0 atom stereocenters. The van der Waals surface area contributed by atoms with Gasteiger partial charge in [-0.25, -0.2) is 0 Å². The van der Waals surface area contributed by atoms with Crippen molar-refractivity contribution in [3.8, 4) is 11.5 Å². The van der Waals surface area contributed by atoms with E-state index in [1.807, 2.05) is 18.2 Å². The lowest BCUT2D eigenvalue weighted by atomic mass is 10.2. The molecule has 17 heavy (non-hydrogen) atoms. The smallest absolute Gasteiger partial charge is 0.304 e. The minimum atomic E-state index is -0.810. The molecule has 0 radical (unpaired) electrons. The van der Waals surface area contributed by atoms with Gasteiger partial charge in [0.25, 0.3) is 0 Å². The summed E-state index contributed by atoms with van der Waals surface area (Å²) in [6.45, 7) is 0.976. The van der Waals surface area contributed by atoms with Crippen molar-refractivity contribution in [2.75, 3.05) is 20.8 Å². The second-order valence-electron chi connectivity index (χ2n) is 3.47. The fourth-order valence-corrected chi connectivity index (χ4v) is 1.51. The highest BCUT2D eigenvalue weighted by Crippen LogP contribution is 2.30. The van der Waals surface area contributed by atoms with E-state index >= 15 is 0 Å². The van der Waals surface area contributed by atoms with E-state index in [-0.39, 0.29) is 6.42 Å². The van der Waals surface area contributed by atoms with E-state index in [0.29, 0.717) is 24.6 Å². The van der Waals surface area contributed by atoms with Crippen LogP contribution in [0, 0.1) is 0 Å². The number of carboxylic acid groups (broad SMARTS) is 1. The van der Waals surface area contributed by atoms with Gasteiger partial charge >= 0.3 is 5.97 Å². The number of carboxylic acids is 1. The molecule has 0 saturated carbocycles. The minimum absolute atomic E-state index is 0.103. The number of para-hydroxylation sites is 1. The van der Waals surface area contributed by atoms with E-state index in [4.69, 9.17) is 14.6 Å². The number of benzene rings is 1. The summed E-state index contributed by atoms with van der Waals surface area (Å²) in [7, 11) is 3.16. The fourth-order valence-electron chi connectivity index (χ4n) is 1.51. The zero-order chi connectivity index (χ0) is 12.7. The van der Waals surface area contributed by atoms with Gasteiger partial charge in [-0.3, -0.25) is 4.79 Å². The van der Waals surface area contributed by atoms with E-state index in [0.717, 1.165) is 5.56 Å². The largest absolute Gasteiger partial charge is 0.493 e. The van der Waals surface area contributed by atoms with E-state index < -0.39 is 5.97 Å². The van der Waals surface area contributed by atoms with Crippen molar-refractivity contribution in [3.05, 3.63) is 23.8 Å². The zero-order valence-electron chi connectivity index (χ0n) is 10.0. The van der Waals surface area contributed by atoms with Gasteiger partial charge in [0.15, 0.2) is 11.5 Å². The standard InChI is InChI=1S/C12H17NO4/c1-16-10-5-3-4-9(12(10)17-2)8-13-7-6-11(14)15/h3-5,13H,6-8H2,1-2H3,(H,14,15). The van der Waals surface area contributed by atoms with Crippen LogP contribution in [0.15, 0.2) is 18.2 Å². The predicted octanol–water partition coefficient (Wildman–Crippen LogP) is 1.27. The molecule has 2 N–H and O–H groups in total. The fraction of sp³-hybridized carbons (Fsp3) is 0.417. The highest BCUT2D eigenvalue weighted by Gasteiger charge is 2.08. The molecule has 0 spiro atoms. The number of ether oxygens (including phenoxy) is 2. The molecule has 0 saturated heterocycles. The van der Waals surface area contributed by atoms with E-state index in [9.17, 15) is 4.79 Å². The SMILES string of the molecule is COc1cccc(CNCCC(=O)O)c1OC. The Hall–Kier alpha value is -1.75. The van der Waals surface area contributed by atoms with Crippen molar-refractivity contribution >= 4 is 5.97 Å². The van der Waals surface area contributed by atoms with Crippen LogP contribution in [0.5, 0.6) is 11.5 Å². The van der Waals surface area contributed by atoms with Crippen molar-refractivity contribution in [3.63, 3.8) is 0 Å². The van der Waals surface area contributed by atoms with Crippen molar-refractivity contribution < 1.29 is 19.4 Å². The summed E-state index contributed by atoms with van der Waals surface area (Å²) in [4.78, 5) is 10.3. The molecule has 94 valence electrons. The van der Waals surface area contributed by atoms with Gasteiger partial charge in [0, 0.05) is 18.7 Å². The van der Waals surface area contributed by atoms with Crippen LogP contribution >= 0.6 is 0 Å². The number of nitrogens with one attached hydrogen (secondary N) is 1. The van der Waals surface area contributed by atoms with Crippen LogP contribution in [0.4, 0.5) is 0 Å². The minimum Gasteiger partial charge on any atom is -0.493 e. The maximum atomic E-state index is 10.3. The van der Waals surface area contributed by atoms with Gasteiger partial charge in [0.1, 0.15) is 0 Å². The number of rotatable bonds is 7.